The molecular formula is C16H23N3O3. The van der Waals surface area contributed by atoms with Gasteiger partial charge in [0.1, 0.15) is 0 Å². The van der Waals surface area contributed by atoms with Crippen LogP contribution < -0.4 is 11.1 Å². The Morgan fingerprint density at radius 1 is 1.32 bits per heavy atom. The Labute approximate surface area is 130 Å². The summed E-state index contributed by atoms with van der Waals surface area (Å²) in [6, 6.07) is 5.40. The van der Waals surface area contributed by atoms with E-state index in [1.165, 1.54) is 0 Å². The van der Waals surface area contributed by atoms with E-state index in [0.717, 1.165) is 5.56 Å². The number of carbonyl (C=O) groups is 2. The lowest BCUT2D eigenvalue weighted by Gasteiger charge is -2.27. The van der Waals surface area contributed by atoms with Crippen molar-refractivity contribution in [2.75, 3.05) is 38.2 Å². The van der Waals surface area contributed by atoms with Gasteiger partial charge in [0.25, 0.3) is 5.91 Å². The summed E-state index contributed by atoms with van der Waals surface area (Å²) < 4.78 is 5.27. The number of nitrogens with two attached hydrogens (primary N) is 1. The number of carbonyl (C=O) groups excluding carboxylic acids is 2. The smallest absolute Gasteiger partial charge is 0.254 e. The first kappa shape index (κ1) is 16.5. The number of benzene rings is 1. The van der Waals surface area contributed by atoms with Crippen molar-refractivity contribution in [1.82, 2.24) is 4.90 Å². The molecule has 1 heterocycles. The van der Waals surface area contributed by atoms with E-state index >= 15 is 0 Å². The number of amides is 2. The maximum atomic E-state index is 12.6. The molecule has 0 bridgehead atoms. The van der Waals surface area contributed by atoms with Crippen LogP contribution in [0.1, 0.15) is 28.8 Å². The van der Waals surface area contributed by atoms with Gasteiger partial charge in [-0.3, -0.25) is 9.59 Å². The number of ether oxygens (including phenoxy) is 1. The van der Waals surface area contributed by atoms with E-state index in [4.69, 9.17) is 10.5 Å². The zero-order valence-corrected chi connectivity index (χ0v) is 12.9. The molecule has 1 aliphatic heterocycles. The van der Waals surface area contributed by atoms with Crippen molar-refractivity contribution in [1.29, 1.82) is 0 Å². The highest BCUT2D eigenvalue weighted by Crippen LogP contribution is 2.21. The molecule has 0 saturated carbocycles. The van der Waals surface area contributed by atoms with E-state index in [1.807, 2.05) is 13.0 Å². The van der Waals surface area contributed by atoms with Gasteiger partial charge in [0.2, 0.25) is 5.91 Å². The highest BCUT2D eigenvalue weighted by Gasteiger charge is 2.21. The van der Waals surface area contributed by atoms with Crippen LogP contribution in [0.15, 0.2) is 18.2 Å². The summed E-state index contributed by atoms with van der Waals surface area (Å²) in [5.41, 5.74) is 7.50. The molecule has 1 aliphatic rings. The molecule has 2 amide bonds. The molecule has 0 aromatic heterocycles. The summed E-state index contributed by atoms with van der Waals surface area (Å²) >= 11 is 0. The lowest BCUT2D eigenvalue weighted by molar-refractivity contribution is -0.116. The van der Waals surface area contributed by atoms with E-state index in [9.17, 15) is 9.59 Å². The van der Waals surface area contributed by atoms with Gasteiger partial charge in [-0.05, 0) is 37.6 Å². The second-order valence-corrected chi connectivity index (χ2v) is 5.32. The standard InChI is InChI=1S/C16H23N3O3/c1-12-13(16(21)19-8-10-22-11-9-19)4-2-5-14(12)18-15(20)6-3-7-17/h2,4-5H,3,6-11,17H2,1H3,(H,18,20). The minimum absolute atomic E-state index is 0.0149. The van der Waals surface area contributed by atoms with Gasteiger partial charge in [-0.25, -0.2) is 0 Å². The van der Waals surface area contributed by atoms with Crippen molar-refractivity contribution in [3.63, 3.8) is 0 Å². The molecule has 120 valence electrons. The van der Waals surface area contributed by atoms with Crippen LogP contribution in [0.2, 0.25) is 0 Å². The van der Waals surface area contributed by atoms with E-state index in [0.29, 0.717) is 56.9 Å². The van der Waals surface area contributed by atoms with Crippen LogP contribution in [0.3, 0.4) is 0 Å². The summed E-state index contributed by atoms with van der Waals surface area (Å²) in [5.74, 6) is -0.0941. The monoisotopic (exact) mass is 305 g/mol. The zero-order chi connectivity index (χ0) is 15.9. The van der Waals surface area contributed by atoms with Crippen LogP contribution in [0.25, 0.3) is 0 Å². The largest absolute Gasteiger partial charge is 0.378 e. The van der Waals surface area contributed by atoms with Crippen molar-refractivity contribution < 1.29 is 14.3 Å². The van der Waals surface area contributed by atoms with E-state index in [1.54, 1.807) is 17.0 Å². The molecule has 2 rings (SSSR count). The Balaban J connectivity index is 2.11. The molecule has 1 aromatic rings. The highest BCUT2D eigenvalue weighted by molar-refractivity contribution is 5.99. The normalized spacial score (nSPS) is 14.7. The first-order chi connectivity index (χ1) is 10.6. The predicted molar refractivity (Wildman–Crippen MR) is 84.8 cm³/mol. The van der Waals surface area contributed by atoms with Crippen LogP contribution in [0, 0.1) is 6.92 Å². The second-order valence-electron chi connectivity index (χ2n) is 5.32. The number of nitrogens with zero attached hydrogens (tertiary/aromatic N) is 1. The molecule has 0 unspecified atom stereocenters. The maximum Gasteiger partial charge on any atom is 0.254 e. The number of hydrogen-bond acceptors (Lipinski definition) is 4. The fourth-order valence-electron chi connectivity index (χ4n) is 2.41. The second kappa shape index (κ2) is 7.91. The van der Waals surface area contributed by atoms with Gasteiger partial charge in [-0.1, -0.05) is 6.07 Å². The van der Waals surface area contributed by atoms with Crippen molar-refractivity contribution in [3.05, 3.63) is 29.3 Å². The molecule has 6 nitrogen and oxygen atoms in total. The number of anilines is 1. The third-order valence-corrected chi connectivity index (χ3v) is 3.74. The van der Waals surface area contributed by atoms with Gasteiger partial charge in [0, 0.05) is 30.8 Å². The molecule has 0 atom stereocenters. The first-order valence-corrected chi connectivity index (χ1v) is 7.60. The molecule has 0 radical (unpaired) electrons. The van der Waals surface area contributed by atoms with Crippen LogP contribution in [-0.2, 0) is 9.53 Å². The summed E-state index contributed by atoms with van der Waals surface area (Å²) in [6.07, 6.45) is 1.04. The van der Waals surface area contributed by atoms with Crippen LogP contribution in [-0.4, -0.2) is 49.6 Å². The Morgan fingerprint density at radius 3 is 2.73 bits per heavy atom. The summed E-state index contributed by atoms with van der Waals surface area (Å²) in [5, 5.41) is 2.85. The lowest BCUT2D eigenvalue weighted by Crippen LogP contribution is -2.41. The summed E-state index contributed by atoms with van der Waals surface area (Å²) in [4.78, 5) is 26.2. The Kier molecular flexibility index (Phi) is 5.91. The van der Waals surface area contributed by atoms with E-state index in [2.05, 4.69) is 5.32 Å². The molecule has 1 saturated heterocycles. The maximum absolute atomic E-state index is 12.6. The zero-order valence-electron chi connectivity index (χ0n) is 12.9. The van der Waals surface area contributed by atoms with Crippen molar-refractivity contribution in [3.8, 4) is 0 Å². The Hall–Kier alpha value is -1.92. The van der Waals surface area contributed by atoms with Gasteiger partial charge in [-0.15, -0.1) is 0 Å². The third-order valence-electron chi connectivity index (χ3n) is 3.74. The van der Waals surface area contributed by atoms with Gasteiger partial charge in [0.05, 0.1) is 13.2 Å². The van der Waals surface area contributed by atoms with Gasteiger partial charge >= 0.3 is 0 Å². The third kappa shape index (κ3) is 4.05. The molecule has 1 aromatic carbocycles. The minimum atomic E-state index is -0.0791. The van der Waals surface area contributed by atoms with Gasteiger partial charge in [-0.2, -0.15) is 0 Å². The predicted octanol–water partition coefficient (Wildman–Crippen LogP) is 1.14. The number of hydrogen-bond donors (Lipinski definition) is 2. The molecule has 6 heteroatoms. The average molecular weight is 305 g/mol. The molecule has 0 spiro atoms. The van der Waals surface area contributed by atoms with Crippen LogP contribution in [0.4, 0.5) is 5.69 Å². The average Bonchev–Trinajstić information content (AvgIpc) is 2.55. The SMILES string of the molecule is Cc1c(NC(=O)CCCN)cccc1C(=O)N1CCOCC1. The number of morpholine rings is 1. The quantitative estimate of drug-likeness (QED) is 0.854. The minimum Gasteiger partial charge on any atom is -0.378 e. The van der Waals surface area contributed by atoms with Crippen molar-refractivity contribution in [2.24, 2.45) is 5.73 Å². The topological polar surface area (TPSA) is 84.7 Å². The molecule has 3 N–H and O–H groups in total. The molecule has 1 fully saturated rings. The molecular weight excluding hydrogens is 282 g/mol. The van der Waals surface area contributed by atoms with Gasteiger partial charge < -0.3 is 20.7 Å². The molecule has 22 heavy (non-hydrogen) atoms. The number of rotatable bonds is 5. The van der Waals surface area contributed by atoms with Gasteiger partial charge in [0.15, 0.2) is 0 Å². The van der Waals surface area contributed by atoms with Crippen LogP contribution >= 0.6 is 0 Å². The fourth-order valence-corrected chi connectivity index (χ4v) is 2.41. The Morgan fingerprint density at radius 2 is 2.05 bits per heavy atom. The summed E-state index contributed by atoms with van der Waals surface area (Å²) in [6.45, 7) is 4.69. The number of nitrogens with one attached hydrogen (secondary N) is 1. The van der Waals surface area contributed by atoms with E-state index < -0.39 is 0 Å². The highest BCUT2D eigenvalue weighted by atomic mass is 16.5. The first-order valence-electron chi connectivity index (χ1n) is 7.60. The lowest BCUT2D eigenvalue weighted by atomic mass is 10.0. The van der Waals surface area contributed by atoms with E-state index in [-0.39, 0.29) is 11.8 Å². The Bertz CT molecular complexity index is 539. The van der Waals surface area contributed by atoms with Crippen molar-refractivity contribution in [2.45, 2.75) is 19.8 Å². The molecule has 0 aliphatic carbocycles. The van der Waals surface area contributed by atoms with Crippen LogP contribution in [0.5, 0.6) is 0 Å². The van der Waals surface area contributed by atoms with Crippen molar-refractivity contribution >= 4 is 17.5 Å². The fraction of sp³-hybridized carbons (Fsp3) is 0.500. The summed E-state index contributed by atoms with van der Waals surface area (Å²) in [7, 11) is 0.